The summed E-state index contributed by atoms with van der Waals surface area (Å²) in [6.07, 6.45) is -1.93. The average Bonchev–Trinajstić information content (AvgIpc) is 2.49. The van der Waals surface area contributed by atoms with Gasteiger partial charge in [-0.15, -0.1) is 0 Å². The fourth-order valence-electron chi connectivity index (χ4n) is 2.91. The van der Waals surface area contributed by atoms with Gasteiger partial charge in [-0.1, -0.05) is 0 Å². The molecule has 0 radical (unpaired) electrons. The van der Waals surface area contributed by atoms with Gasteiger partial charge in [-0.3, -0.25) is 0 Å². The van der Waals surface area contributed by atoms with Crippen molar-refractivity contribution in [1.29, 1.82) is 0 Å². The maximum Gasteiger partial charge on any atom is 0.220 e. The van der Waals surface area contributed by atoms with Crippen molar-refractivity contribution in [3.8, 4) is 0 Å². The van der Waals surface area contributed by atoms with E-state index in [-0.39, 0.29) is 12.2 Å². The second-order valence-electron chi connectivity index (χ2n) is 5.61. The third-order valence-electron chi connectivity index (χ3n) is 4.56. The van der Waals surface area contributed by atoms with E-state index in [0.717, 1.165) is 0 Å². The zero-order valence-electron chi connectivity index (χ0n) is 13.7. The summed E-state index contributed by atoms with van der Waals surface area (Å²) in [5, 5.41) is 0. The lowest BCUT2D eigenvalue weighted by atomic mass is 9.94. The van der Waals surface area contributed by atoms with Crippen LogP contribution in [0.5, 0.6) is 0 Å². The number of hydrogen-bond acceptors (Lipinski definition) is 7. The lowest BCUT2D eigenvalue weighted by Gasteiger charge is -2.56. The van der Waals surface area contributed by atoms with Gasteiger partial charge in [0.25, 0.3) is 0 Å². The first kappa shape index (κ1) is 17.1. The predicted octanol–water partition coefficient (Wildman–Crippen LogP) is 0.902. The van der Waals surface area contributed by atoms with Crippen LogP contribution in [0.15, 0.2) is 0 Å². The molecule has 0 aromatic heterocycles. The highest BCUT2D eigenvalue weighted by Gasteiger charge is 2.62. The molecule has 21 heavy (non-hydrogen) atoms. The highest BCUT2D eigenvalue weighted by molar-refractivity contribution is 4.99. The fraction of sp³-hybridized carbons (Fsp3) is 1.00. The zero-order chi connectivity index (χ0) is 15.8. The minimum Gasteiger partial charge on any atom is -0.373 e. The van der Waals surface area contributed by atoms with Crippen molar-refractivity contribution in [1.82, 2.24) is 0 Å². The topological polar surface area (TPSA) is 64.6 Å². The van der Waals surface area contributed by atoms with Gasteiger partial charge in [0.1, 0.15) is 18.3 Å². The van der Waals surface area contributed by atoms with Crippen molar-refractivity contribution in [3.05, 3.63) is 0 Å². The van der Waals surface area contributed by atoms with E-state index in [4.69, 9.17) is 33.2 Å². The van der Waals surface area contributed by atoms with Crippen LogP contribution in [0.25, 0.3) is 0 Å². The van der Waals surface area contributed by atoms with E-state index in [1.54, 1.807) is 42.3 Å². The molecular formula is C14H26O7. The summed E-state index contributed by atoms with van der Waals surface area (Å²) in [4.78, 5) is 0. The maximum absolute atomic E-state index is 6.18. The molecule has 2 heterocycles. The monoisotopic (exact) mass is 306 g/mol. The third kappa shape index (κ3) is 2.61. The molecule has 2 fully saturated rings. The Hall–Kier alpha value is -0.280. The second-order valence-corrected chi connectivity index (χ2v) is 5.61. The van der Waals surface area contributed by atoms with E-state index >= 15 is 0 Å². The molecule has 0 bridgehead atoms. The minimum absolute atomic E-state index is 0.234. The van der Waals surface area contributed by atoms with Crippen molar-refractivity contribution < 1.29 is 33.2 Å². The average molecular weight is 306 g/mol. The van der Waals surface area contributed by atoms with Crippen LogP contribution in [-0.2, 0) is 33.2 Å². The first-order valence-electron chi connectivity index (χ1n) is 7.02. The van der Waals surface area contributed by atoms with E-state index in [1.165, 1.54) is 0 Å². The molecule has 0 aromatic rings. The minimum atomic E-state index is -1.07. The van der Waals surface area contributed by atoms with E-state index in [2.05, 4.69) is 0 Å². The van der Waals surface area contributed by atoms with Crippen molar-refractivity contribution in [2.24, 2.45) is 0 Å². The van der Waals surface area contributed by atoms with Gasteiger partial charge >= 0.3 is 0 Å². The molecule has 2 rings (SSSR count). The van der Waals surface area contributed by atoms with Gasteiger partial charge in [-0.25, -0.2) is 0 Å². The summed E-state index contributed by atoms with van der Waals surface area (Å²) in [5.74, 6) is -2.13. The molecule has 5 unspecified atom stereocenters. The number of ether oxygens (including phenoxy) is 7. The van der Waals surface area contributed by atoms with Crippen molar-refractivity contribution in [3.63, 3.8) is 0 Å². The Bertz CT molecular complexity index is 365. The van der Waals surface area contributed by atoms with Crippen LogP contribution in [0, 0.1) is 0 Å². The van der Waals surface area contributed by atoms with Crippen LogP contribution in [-0.4, -0.2) is 70.7 Å². The summed E-state index contributed by atoms with van der Waals surface area (Å²) < 4.78 is 40.0. The lowest BCUT2D eigenvalue weighted by Crippen LogP contribution is -2.72. The number of rotatable bonds is 4. The highest BCUT2D eigenvalue weighted by Crippen LogP contribution is 2.43. The molecule has 0 spiro atoms. The second kappa shape index (κ2) is 6.08. The van der Waals surface area contributed by atoms with Gasteiger partial charge in [0.05, 0.1) is 6.10 Å². The van der Waals surface area contributed by atoms with Gasteiger partial charge in [-0.05, 0) is 20.8 Å². The Labute approximate surface area is 125 Å². The highest BCUT2D eigenvalue weighted by atomic mass is 16.8. The van der Waals surface area contributed by atoms with Gasteiger partial charge in [0.15, 0.2) is 6.29 Å². The first-order chi connectivity index (χ1) is 9.85. The van der Waals surface area contributed by atoms with Crippen LogP contribution >= 0.6 is 0 Å². The van der Waals surface area contributed by atoms with E-state index in [0.29, 0.717) is 0 Å². The van der Waals surface area contributed by atoms with Gasteiger partial charge in [0, 0.05) is 28.4 Å². The molecule has 2 aliphatic heterocycles. The third-order valence-corrected chi connectivity index (χ3v) is 4.56. The largest absolute Gasteiger partial charge is 0.373 e. The Balaban J connectivity index is 2.33. The molecule has 2 aliphatic rings. The van der Waals surface area contributed by atoms with Gasteiger partial charge in [0.2, 0.25) is 11.6 Å². The van der Waals surface area contributed by atoms with E-state index in [1.807, 2.05) is 6.92 Å². The van der Waals surface area contributed by atoms with Crippen molar-refractivity contribution in [2.75, 3.05) is 28.4 Å². The smallest absolute Gasteiger partial charge is 0.220 e. The lowest BCUT2D eigenvalue weighted by molar-refractivity contribution is -0.478. The molecule has 0 N–H and O–H groups in total. The van der Waals surface area contributed by atoms with Gasteiger partial charge < -0.3 is 33.2 Å². The van der Waals surface area contributed by atoms with Crippen LogP contribution in [0.1, 0.15) is 20.8 Å². The number of methoxy groups -OCH3 is 4. The molecule has 0 aromatic carbocycles. The Morgan fingerprint density at radius 2 is 1.33 bits per heavy atom. The summed E-state index contributed by atoms with van der Waals surface area (Å²) in [6, 6.07) is 0. The van der Waals surface area contributed by atoms with Crippen LogP contribution in [0.3, 0.4) is 0 Å². The molecule has 2 saturated heterocycles. The molecular weight excluding hydrogens is 280 g/mol. The van der Waals surface area contributed by atoms with Crippen molar-refractivity contribution >= 4 is 0 Å². The zero-order valence-corrected chi connectivity index (χ0v) is 13.7. The quantitative estimate of drug-likeness (QED) is 0.764. The Morgan fingerprint density at radius 3 is 1.76 bits per heavy atom. The summed E-state index contributed by atoms with van der Waals surface area (Å²) >= 11 is 0. The fourth-order valence-corrected chi connectivity index (χ4v) is 2.91. The standard InChI is InChI=1S/C14H26O7/c1-8-9-10(11(15-4)12(16-5)19-8)21-14(3,18-7)13(2,17-6)20-9/h8-12H,1-7H3/t8?,9-,10?,11?,12+,13?,14?/m1/s1. The molecule has 124 valence electrons. The number of hydrogen-bond donors (Lipinski definition) is 0. The molecule has 7 nitrogen and oxygen atoms in total. The van der Waals surface area contributed by atoms with Crippen LogP contribution in [0.2, 0.25) is 0 Å². The number of fused-ring (bicyclic) bond motifs is 1. The molecule has 0 aliphatic carbocycles. The van der Waals surface area contributed by atoms with E-state index in [9.17, 15) is 0 Å². The summed E-state index contributed by atoms with van der Waals surface area (Å²) in [5.41, 5.74) is 0. The Morgan fingerprint density at radius 1 is 0.810 bits per heavy atom. The molecule has 0 saturated carbocycles. The van der Waals surface area contributed by atoms with Gasteiger partial charge in [-0.2, -0.15) is 0 Å². The SMILES string of the molecule is COC1C2OC(C)(OC)C(C)(OC)O[C@@H]2C(C)O[C@@H]1OC. The van der Waals surface area contributed by atoms with Crippen LogP contribution < -0.4 is 0 Å². The molecule has 7 atom stereocenters. The predicted molar refractivity (Wildman–Crippen MR) is 72.7 cm³/mol. The normalized spacial score (nSPS) is 50.7. The van der Waals surface area contributed by atoms with E-state index < -0.39 is 30.1 Å². The summed E-state index contributed by atoms with van der Waals surface area (Å²) in [7, 11) is 6.27. The maximum atomic E-state index is 6.18. The van der Waals surface area contributed by atoms with Crippen molar-refractivity contribution in [2.45, 2.75) is 63.1 Å². The molecule has 7 heteroatoms. The first-order valence-corrected chi connectivity index (χ1v) is 7.02. The summed E-state index contributed by atoms with van der Waals surface area (Å²) in [6.45, 7) is 5.47. The van der Waals surface area contributed by atoms with Crippen LogP contribution in [0.4, 0.5) is 0 Å². The molecule has 0 amide bonds. The Kier molecular flexibility index (Phi) is 4.94.